The topological polar surface area (TPSA) is 50.6 Å². The van der Waals surface area contributed by atoms with E-state index in [9.17, 15) is 4.79 Å². The number of halogens is 1. The van der Waals surface area contributed by atoms with Crippen LogP contribution in [0.5, 0.6) is 0 Å². The number of carbonyl (C=O) groups is 1. The number of methoxy groups -OCH3 is 1. The van der Waals surface area contributed by atoms with Gasteiger partial charge in [-0.05, 0) is 23.8 Å². The number of hydrogen-bond acceptors (Lipinski definition) is 4. The number of piperazine rings is 1. The monoisotopic (exact) mass is 348 g/mol. The summed E-state index contributed by atoms with van der Waals surface area (Å²) in [5.74, 6) is -0.0211. The summed E-state index contributed by atoms with van der Waals surface area (Å²) < 4.78 is 6.62. The van der Waals surface area contributed by atoms with Gasteiger partial charge in [-0.15, -0.1) is 0 Å². The molecule has 2 heterocycles. The summed E-state index contributed by atoms with van der Waals surface area (Å²) in [7, 11) is 1.60. The molecule has 0 atom stereocenters. The molecular weight excluding hydrogens is 328 g/mol. The standard InChI is InChI=1S/C17H21ClN4O2/c1-24-13-22-6-5-16(19-22)17(23)21-9-7-20(8-10-21)12-14-3-2-4-15(18)11-14/h2-6,11H,7-10,12-13H2,1H3. The molecule has 0 unspecified atom stereocenters. The molecule has 1 amide bonds. The van der Waals surface area contributed by atoms with E-state index < -0.39 is 0 Å². The number of carbonyl (C=O) groups excluding carboxylic acids is 1. The predicted molar refractivity (Wildman–Crippen MR) is 91.9 cm³/mol. The number of ether oxygens (including phenoxy) is 1. The molecule has 1 aromatic heterocycles. The fourth-order valence-electron chi connectivity index (χ4n) is 2.84. The van der Waals surface area contributed by atoms with E-state index in [1.807, 2.05) is 23.1 Å². The average Bonchev–Trinajstić information content (AvgIpc) is 3.04. The zero-order valence-electron chi connectivity index (χ0n) is 13.7. The van der Waals surface area contributed by atoms with Crippen LogP contribution >= 0.6 is 11.6 Å². The molecule has 2 aromatic rings. The molecule has 6 nitrogen and oxygen atoms in total. The van der Waals surface area contributed by atoms with Crippen molar-refractivity contribution in [3.05, 3.63) is 52.8 Å². The summed E-state index contributed by atoms with van der Waals surface area (Å²) in [6, 6.07) is 9.64. The third-order valence-electron chi connectivity index (χ3n) is 4.08. The van der Waals surface area contributed by atoms with Gasteiger partial charge in [0.2, 0.25) is 0 Å². The first-order valence-electron chi connectivity index (χ1n) is 7.94. The van der Waals surface area contributed by atoms with Crippen LogP contribution in [0.25, 0.3) is 0 Å². The van der Waals surface area contributed by atoms with Gasteiger partial charge in [-0.1, -0.05) is 23.7 Å². The molecule has 1 aliphatic rings. The SMILES string of the molecule is COCn1ccc(C(=O)N2CCN(Cc3cccc(Cl)c3)CC2)n1. The van der Waals surface area contributed by atoms with Crippen LogP contribution in [0, 0.1) is 0 Å². The van der Waals surface area contributed by atoms with Gasteiger partial charge in [0, 0.05) is 51.1 Å². The van der Waals surface area contributed by atoms with E-state index in [0.29, 0.717) is 25.5 Å². The minimum absolute atomic E-state index is 0.0211. The molecule has 3 rings (SSSR count). The normalized spacial score (nSPS) is 15.7. The maximum atomic E-state index is 12.5. The van der Waals surface area contributed by atoms with Crippen molar-refractivity contribution >= 4 is 17.5 Å². The van der Waals surface area contributed by atoms with E-state index in [2.05, 4.69) is 16.1 Å². The smallest absolute Gasteiger partial charge is 0.274 e. The van der Waals surface area contributed by atoms with Crippen LogP contribution in [0.1, 0.15) is 16.1 Å². The van der Waals surface area contributed by atoms with Crippen molar-refractivity contribution in [1.29, 1.82) is 0 Å². The third kappa shape index (κ3) is 4.14. The van der Waals surface area contributed by atoms with Crippen LogP contribution in [-0.2, 0) is 18.0 Å². The van der Waals surface area contributed by atoms with Gasteiger partial charge in [-0.3, -0.25) is 9.69 Å². The zero-order valence-corrected chi connectivity index (χ0v) is 14.4. The third-order valence-corrected chi connectivity index (χ3v) is 4.31. The van der Waals surface area contributed by atoms with Gasteiger partial charge in [0.25, 0.3) is 5.91 Å². The lowest BCUT2D eigenvalue weighted by atomic mass is 10.2. The van der Waals surface area contributed by atoms with Crippen molar-refractivity contribution in [1.82, 2.24) is 19.6 Å². The van der Waals surface area contributed by atoms with Crippen LogP contribution < -0.4 is 0 Å². The summed E-state index contributed by atoms with van der Waals surface area (Å²) in [5, 5.41) is 5.00. The highest BCUT2D eigenvalue weighted by molar-refractivity contribution is 6.30. The maximum absolute atomic E-state index is 12.5. The molecule has 0 aliphatic carbocycles. The van der Waals surface area contributed by atoms with Crippen molar-refractivity contribution in [3.63, 3.8) is 0 Å². The van der Waals surface area contributed by atoms with Gasteiger partial charge < -0.3 is 9.64 Å². The van der Waals surface area contributed by atoms with E-state index >= 15 is 0 Å². The fraction of sp³-hybridized carbons (Fsp3) is 0.412. The van der Waals surface area contributed by atoms with Crippen LogP contribution in [-0.4, -0.2) is 58.8 Å². The van der Waals surface area contributed by atoms with Crippen LogP contribution in [0.3, 0.4) is 0 Å². The van der Waals surface area contributed by atoms with Crippen LogP contribution in [0.15, 0.2) is 36.5 Å². The molecule has 24 heavy (non-hydrogen) atoms. The Morgan fingerprint density at radius 1 is 1.25 bits per heavy atom. The number of rotatable bonds is 5. The van der Waals surface area contributed by atoms with E-state index in [0.717, 1.165) is 24.7 Å². The van der Waals surface area contributed by atoms with Crippen molar-refractivity contribution < 1.29 is 9.53 Å². The van der Waals surface area contributed by atoms with E-state index in [-0.39, 0.29) is 5.91 Å². The second-order valence-corrected chi connectivity index (χ2v) is 6.29. The van der Waals surface area contributed by atoms with E-state index in [1.54, 1.807) is 24.1 Å². The second kappa shape index (κ2) is 7.79. The predicted octanol–water partition coefficient (Wildman–Crippen LogP) is 2.10. The molecule has 7 heteroatoms. The maximum Gasteiger partial charge on any atom is 0.274 e. The summed E-state index contributed by atoms with van der Waals surface area (Å²) in [6.45, 7) is 4.30. The first-order chi connectivity index (χ1) is 11.7. The Hall–Kier alpha value is -1.89. The number of aromatic nitrogens is 2. The molecule has 0 radical (unpaired) electrons. The number of nitrogens with zero attached hydrogens (tertiary/aromatic N) is 4. The summed E-state index contributed by atoms with van der Waals surface area (Å²) in [5.41, 5.74) is 1.66. The van der Waals surface area contributed by atoms with Crippen molar-refractivity contribution in [2.24, 2.45) is 0 Å². The highest BCUT2D eigenvalue weighted by Crippen LogP contribution is 2.14. The number of hydrogen-bond donors (Lipinski definition) is 0. The average molecular weight is 349 g/mol. The number of benzene rings is 1. The van der Waals surface area contributed by atoms with E-state index in [1.165, 1.54) is 5.56 Å². The quantitative estimate of drug-likeness (QED) is 0.830. The highest BCUT2D eigenvalue weighted by Gasteiger charge is 2.23. The lowest BCUT2D eigenvalue weighted by Crippen LogP contribution is -2.48. The Kier molecular flexibility index (Phi) is 5.50. The van der Waals surface area contributed by atoms with Gasteiger partial charge in [0.05, 0.1) is 0 Å². The summed E-state index contributed by atoms with van der Waals surface area (Å²) in [6.07, 6.45) is 1.76. The fourth-order valence-corrected chi connectivity index (χ4v) is 3.06. The largest absolute Gasteiger partial charge is 0.362 e. The van der Waals surface area contributed by atoms with Crippen molar-refractivity contribution in [2.75, 3.05) is 33.3 Å². The van der Waals surface area contributed by atoms with Gasteiger partial charge >= 0.3 is 0 Å². The van der Waals surface area contributed by atoms with Gasteiger partial charge in [-0.25, -0.2) is 4.68 Å². The molecule has 0 spiro atoms. The molecule has 1 aromatic carbocycles. The summed E-state index contributed by atoms with van der Waals surface area (Å²) in [4.78, 5) is 16.7. The summed E-state index contributed by atoms with van der Waals surface area (Å²) >= 11 is 6.03. The first kappa shape index (κ1) is 17.0. The van der Waals surface area contributed by atoms with Gasteiger partial charge in [0.15, 0.2) is 0 Å². The molecule has 0 N–H and O–H groups in total. The second-order valence-electron chi connectivity index (χ2n) is 5.86. The van der Waals surface area contributed by atoms with Gasteiger partial charge in [-0.2, -0.15) is 5.10 Å². The van der Waals surface area contributed by atoms with Crippen molar-refractivity contribution in [2.45, 2.75) is 13.3 Å². The zero-order chi connectivity index (χ0) is 16.9. The van der Waals surface area contributed by atoms with Crippen LogP contribution in [0.4, 0.5) is 0 Å². The minimum atomic E-state index is -0.0211. The van der Waals surface area contributed by atoms with Gasteiger partial charge in [0.1, 0.15) is 12.4 Å². The Morgan fingerprint density at radius 3 is 2.75 bits per heavy atom. The lowest BCUT2D eigenvalue weighted by Gasteiger charge is -2.34. The number of amides is 1. The Morgan fingerprint density at radius 2 is 2.04 bits per heavy atom. The molecule has 128 valence electrons. The molecule has 1 fully saturated rings. The molecule has 1 saturated heterocycles. The molecule has 0 bridgehead atoms. The van der Waals surface area contributed by atoms with Crippen LogP contribution in [0.2, 0.25) is 5.02 Å². The first-order valence-corrected chi connectivity index (χ1v) is 8.32. The Balaban J connectivity index is 1.53. The molecular formula is C17H21ClN4O2. The van der Waals surface area contributed by atoms with E-state index in [4.69, 9.17) is 16.3 Å². The van der Waals surface area contributed by atoms with Crippen molar-refractivity contribution in [3.8, 4) is 0 Å². The Bertz CT molecular complexity index is 695. The molecule has 0 saturated carbocycles. The lowest BCUT2D eigenvalue weighted by molar-refractivity contribution is 0.0618. The minimum Gasteiger partial charge on any atom is -0.362 e. The highest BCUT2D eigenvalue weighted by atomic mass is 35.5. The molecule has 1 aliphatic heterocycles. The Labute approximate surface area is 146 Å².